The largest absolute Gasteiger partial charge is 0.492 e. The van der Waals surface area contributed by atoms with Gasteiger partial charge in [0.1, 0.15) is 60.0 Å². The number of hydrogen-bond donors (Lipinski definition) is 4. The van der Waals surface area contributed by atoms with E-state index in [1.54, 1.807) is 6.07 Å². The predicted octanol–water partition coefficient (Wildman–Crippen LogP) is 7.19. The van der Waals surface area contributed by atoms with Gasteiger partial charge in [-0.15, -0.1) is 0 Å². The Bertz CT molecular complexity index is 3250. The van der Waals surface area contributed by atoms with Crippen molar-refractivity contribution >= 4 is 51.4 Å². The number of nitrogens with two attached hydrogens (primary N) is 1. The molecule has 3 saturated heterocycles. The maximum Gasteiger partial charge on any atom is 0.296 e. The van der Waals surface area contributed by atoms with Gasteiger partial charge in [-0.1, -0.05) is 66.2 Å². The number of imidazole rings is 1. The second kappa shape index (κ2) is 21.8. The highest BCUT2D eigenvalue weighted by molar-refractivity contribution is 6.33. The van der Waals surface area contributed by atoms with Crippen molar-refractivity contribution in [2.45, 2.75) is 56.1 Å². The zero-order valence-electron chi connectivity index (χ0n) is 40.1. The van der Waals surface area contributed by atoms with Crippen molar-refractivity contribution in [2.75, 3.05) is 58.4 Å². The molecule has 3 fully saturated rings. The fourth-order valence-corrected chi connectivity index (χ4v) is 9.84. The van der Waals surface area contributed by atoms with Crippen LogP contribution < -0.4 is 25.3 Å². The molecule has 3 aliphatic heterocycles. The number of fused-ring (bicyclic) bond motifs is 3. The van der Waals surface area contributed by atoms with Crippen molar-refractivity contribution in [1.29, 1.82) is 0 Å². The van der Waals surface area contributed by atoms with Crippen molar-refractivity contribution in [3.63, 3.8) is 0 Å². The predicted molar refractivity (Wildman–Crippen MR) is 275 cm³/mol. The number of carbonyl (C=O) groups is 2. The molecule has 5 atom stereocenters. The fraction of sp³-hybridized carbons (Fsp3) is 0.315. The Morgan fingerprint density at radius 1 is 0.811 bits per heavy atom. The van der Waals surface area contributed by atoms with Crippen LogP contribution in [0.2, 0.25) is 5.02 Å². The van der Waals surface area contributed by atoms with Gasteiger partial charge in [-0.25, -0.2) is 19.6 Å². The molecule has 20 heteroatoms. The Kier molecular flexibility index (Phi) is 14.3. The first-order valence-electron chi connectivity index (χ1n) is 24.6. The fourth-order valence-electron chi connectivity index (χ4n) is 9.58. The normalized spacial score (nSPS) is 19.4. The number of aliphatic hydroxyl groups is 1. The van der Waals surface area contributed by atoms with E-state index in [0.717, 1.165) is 40.8 Å². The molecule has 0 saturated carbocycles. The Labute approximate surface area is 429 Å². The molecule has 380 valence electrons. The van der Waals surface area contributed by atoms with E-state index in [9.17, 15) is 14.7 Å². The molecule has 19 nitrogen and oxygen atoms in total. The number of aliphatic hydroxyl groups excluding tert-OH is 1. The van der Waals surface area contributed by atoms with Crippen LogP contribution >= 0.6 is 11.6 Å². The van der Waals surface area contributed by atoms with E-state index in [2.05, 4.69) is 25.3 Å². The van der Waals surface area contributed by atoms with E-state index in [1.807, 2.05) is 113 Å². The number of benzene rings is 4. The lowest BCUT2D eigenvalue weighted by Gasteiger charge is -2.33. The number of aromatic nitrogens is 7. The summed E-state index contributed by atoms with van der Waals surface area (Å²) in [6, 6.07) is 34.8. The number of ether oxygens (including phenoxy) is 6. The number of nitrogens with zero attached hydrogens (tertiary/aromatic N) is 7. The monoisotopic (exact) mass is 1020 g/mol. The number of aromatic amines is 1. The summed E-state index contributed by atoms with van der Waals surface area (Å²) in [5, 5.41) is 19.0. The lowest BCUT2D eigenvalue weighted by Crippen LogP contribution is -2.41. The number of carbonyl (C=O) groups excluding carboxylic acids is 2. The molecule has 0 spiro atoms. The van der Waals surface area contributed by atoms with Crippen LogP contribution in [-0.4, -0.2) is 134 Å². The van der Waals surface area contributed by atoms with Gasteiger partial charge >= 0.3 is 0 Å². The van der Waals surface area contributed by atoms with Gasteiger partial charge in [0.15, 0.2) is 17.4 Å². The molecule has 74 heavy (non-hydrogen) atoms. The number of nitrogens with one attached hydrogen (secondary N) is 2. The maximum atomic E-state index is 13.4. The molecule has 7 heterocycles. The third-order valence-electron chi connectivity index (χ3n) is 13.3. The van der Waals surface area contributed by atoms with E-state index in [0.29, 0.717) is 75.6 Å². The minimum Gasteiger partial charge on any atom is -0.492 e. The summed E-state index contributed by atoms with van der Waals surface area (Å²) in [6.07, 6.45) is 1.56. The average Bonchev–Trinajstić information content (AvgIpc) is 4.22. The average molecular weight is 1020 g/mol. The van der Waals surface area contributed by atoms with E-state index in [1.165, 1.54) is 6.33 Å². The summed E-state index contributed by atoms with van der Waals surface area (Å²) in [5.41, 5.74) is 13.0. The van der Waals surface area contributed by atoms with Gasteiger partial charge in [0.2, 0.25) is 11.8 Å². The first kappa shape index (κ1) is 48.6. The van der Waals surface area contributed by atoms with Crippen LogP contribution in [0, 0.1) is 0 Å². The Hall–Kier alpha value is -7.68. The molecule has 0 aliphatic carbocycles. The Morgan fingerprint density at radius 2 is 1.51 bits per heavy atom. The molecule has 0 unspecified atom stereocenters. The number of para-hydroxylation sites is 1. The van der Waals surface area contributed by atoms with Crippen LogP contribution in [0.5, 0.6) is 23.3 Å². The second-order valence-corrected chi connectivity index (χ2v) is 18.7. The topological polar surface area (TPSA) is 236 Å². The highest BCUT2D eigenvalue weighted by Gasteiger charge is 2.48. The third kappa shape index (κ3) is 10.7. The van der Waals surface area contributed by atoms with Crippen LogP contribution in [0.1, 0.15) is 31.7 Å². The minimum atomic E-state index is -0.669. The van der Waals surface area contributed by atoms with Gasteiger partial charge in [-0.2, -0.15) is 10.1 Å². The minimum absolute atomic E-state index is 0.0239. The molecule has 3 aliphatic rings. The number of anilines is 1. The van der Waals surface area contributed by atoms with Crippen molar-refractivity contribution < 1.29 is 43.1 Å². The number of pyridine rings is 1. The van der Waals surface area contributed by atoms with Crippen LogP contribution in [0.4, 0.5) is 5.82 Å². The molecule has 0 bridgehead atoms. The molecule has 4 aromatic carbocycles. The number of H-pyrrole nitrogens is 1. The number of amides is 2. The summed E-state index contributed by atoms with van der Waals surface area (Å²) in [7, 11) is 0. The lowest BCUT2D eigenvalue weighted by molar-refractivity contribution is -0.134. The van der Waals surface area contributed by atoms with E-state index >= 15 is 0 Å². The molecule has 11 rings (SSSR count). The van der Waals surface area contributed by atoms with Crippen molar-refractivity contribution in [2.24, 2.45) is 0 Å². The molecule has 0 radical (unpaired) electrons. The SMILES string of the molecule is Nc1ncnc2c1c(-c1ccc(Oc3ccccc3)cc1)nn2[C@@H]1CCCN(C(=O)CCOCCC(=O)NCCOc2ccc(-c3ccc(-c4nc5nc(O[C@H]6CO[C@@H]7[C@H]6OC[C@@H]7O)[nH]c5cc4Cl)cc3)cc2)C1. The van der Waals surface area contributed by atoms with Crippen LogP contribution in [-0.2, 0) is 23.8 Å². The number of likely N-dealkylation sites (tertiary alicyclic amines) is 1. The van der Waals surface area contributed by atoms with Crippen LogP contribution in [0.3, 0.4) is 0 Å². The van der Waals surface area contributed by atoms with Crippen molar-refractivity contribution in [1.82, 2.24) is 44.9 Å². The quantitative estimate of drug-likeness (QED) is 0.0623. The zero-order chi connectivity index (χ0) is 50.5. The molecule has 5 N–H and O–H groups in total. The van der Waals surface area contributed by atoms with Gasteiger partial charge in [-0.3, -0.25) is 9.59 Å². The van der Waals surface area contributed by atoms with Gasteiger partial charge in [0.05, 0.1) is 67.1 Å². The number of halogens is 1. The van der Waals surface area contributed by atoms with E-state index < -0.39 is 18.3 Å². The third-order valence-corrected chi connectivity index (χ3v) is 13.6. The number of piperidine rings is 1. The summed E-state index contributed by atoms with van der Waals surface area (Å²) in [5.74, 6) is 2.25. The summed E-state index contributed by atoms with van der Waals surface area (Å²) in [4.78, 5) is 49.0. The first-order chi connectivity index (χ1) is 36.2. The number of rotatable bonds is 18. The summed E-state index contributed by atoms with van der Waals surface area (Å²) in [6.45, 7) is 2.60. The van der Waals surface area contributed by atoms with Gasteiger partial charge in [0, 0.05) is 30.6 Å². The Balaban J connectivity index is 0.595. The number of hydrogen-bond acceptors (Lipinski definition) is 15. The lowest BCUT2D eigenvalue weighted by atomic mass is 10.0. The molecule has 2 amide bonds. The molecular weight excluding hydrogens is 968 g/mol. The smallest absolute Gasteiger partial charge is 0.296 e. The van der Waals surface area contributed by atoms with Crippen LogP contribution in [0.15, 0.2) is 116 Å². The van der Waals surface area contributed by atoms with Gasteiger partial charge < -0.3 is 54.5 Å². The Morgan fingerprint density at radius 3 is 2.32 bits per heavy atom. The summed E-state index contributed by atoms with van der Waals surface area (Å²) >= 11 is 6.69. The summed E-state index contributed by atoms with van der Waals surface area (Å²) < 4.78 is 36.8. The molecular formula is C54H53ClN10O9. The first-order valence-corrected chi connectivity index (χ1v) is 25.0. The number of nitrogen functional groups attached to an aromatic ring is 1. The highest BCUT2D eigenvalue weighted by Crippen LogP contribution is 2.37. The van der Waals surface area contributed by atoms with E-state index in [-0.39, 0.29) is 75.8 Å². The van der Waals surface area contributed by atoms with Crippen molar-refractivity contribution in [3.05, 3.63) is 121 Å². The van der Waals surface area contributed by atoms with Crippen LogP contribution in [0.25, 0.3) is 55.8 Å². The second-order valence-electron chi connectivity index (χ2n) is 18.3. The van der Waals surface area contributed by atoms with Gasteiger partial charge in [-0.05, 0) is 78.6 Å². The highest BCUT2D eigenvalue weighted by atomic mass is 35.5. The maximum absolute atomic E-state index is 13.4. The zero-order valence-corrected chi connectivity index (χ0v) is 40.9. The van der Waals surface area contributed by atoms with Crippen molar-refractivity contribution in [3.8, 4) is 56.9 Å². The molecule has 4 aromatic heterocycles. The van der Waals surface area contributed by atoms with Gasteiger partial charge in [0.25, 0.3) is 6.01 Å². The standard InChI is InChI=1S/C54H53ClN10O9/c55-40-27-41-52(62-54(60-41)74-43-30-72-49-42(66)29-71-50(43)49)61-47(40)34-10-8-32(9-11-34)33-12-16-37(17-13-33)70-26-22-57-44(67)20-24-69-25-21-45(68)64-23-4-5-36(28-64)65-53-46(51(56)58-31-59-53)48(63-65)35-14-18-39(19-15-35)73-38-6-2-1-3-7-38/h1-3,6-19,27,31,36,42-43,49-50,66H,4-5,20-26,28-30H2,(H,57,67)(H2,56,58,59)(H,60,61,62)/t36-,42+,43+,49+,50+/m1/s1. The molecule has 8 aromatic rings. The van der Waals surface area contributed by atoms with E-state index in [4.69, 9.17) is 55.8 Å².